The molecule has 0 radical (unpaired) electrons. The van der Waals surface area contributed by atoms with Crippen LogP contribution in [-0.4, -0.2) is 26.6 Å². The Morgan fingerprint density at radius 3 is 2.61 bits per heavy atom. The molecule has 0 aliphatic carbocycles. The molecule has 2 aromatic carbocycles. The molecule has 0 bridgehead atoms. The number of nitrogens with one attached hydrogen (secondary N) is 1. The van der Waals surface area contributed by atoms with Crippen molar-refractivity contribution in [3.05, 3.63) is 95.8 Å². The van der Waals surface area contributed by atoms with Gasteiger partial charge in [0.2, 0.25) is 0 Å². The van der Waals surface area contributed by atoms with Crippen molar-refractivity contribution in [1.29, 1.82) is 0 Å². The zero-order valence-corrected chi connectivity index (χ0v) is 21.0. The molecule has 3 aromatic heterocycles. The molecule has 0 atom stereocenters. The van der Waals surface area contributed by atoms with E-state index in [-0.39, 0.29) is 0 Å². The Hall–Kier alpha value is -4.03. The number of nitrogens with zero attached hydrogens (tertiary/aromatic N) is 3. The molecular weight excluding hydrogens is 448 g/mol. The Morgan fingerprint density at radius 2 is 1.78 bits per heavy atom. The Morgan fingerprint density at radius 1 is 0.917 bits per heavy atom. The summed E-state index contributed by atoms with van der Waals surface area (Å²) in [5, 5.41) is 14.9. The predicted octanol–water partition coefficient (Wildman–Crippen LogP) is 6.45. The first-order valence-corrected chi connectivity index (χ1v) is 12.1. The first-order chi connectivity index (χ1) is 17.3. The van der Waals surface area contributed by atoms with E-state index in [1.807, 2.05) is 44.3 Å². The monoisotopic (exact) mass is 478 g/mol. The van der Waals surface area contributed by atoms with Gasteiger partial charge in [0, 0.05) is 47.1 Å². The van der Waals surface area contributed by atoms with Crippen LogP contribution < -0.4 is 5.32 Å². The van der Waals surface area contributed by atoms with E-state index in [1.54, 1.807) is 26.3 Å². The molecule has 182 valence electrons. The van der Waals surface area contributed by atoms with E-state index in [4.69, 9.17) is 4.42 Å². The van der Waals surface area contributed by atoms with Crippen LogP contribution in [-0.2, 0) is 12.0 Å². The van der Waals surface area contributed by atoms with E-state index in [0.29, 0.717) is 0 Å². The highest BCUT2D eigenvalue weighted by atomic mass is 16.3. The van der Waals surface area contributed by atoms with E-state index in [9.17, 15) is 5.11 Å². The number of hydrogen-bond acceptors (Lipinski definition) is 6. The minimum atomic E-state index is -0.928. The maximum Gasteiger partial charge on any atom is 0.134 e. The summed E-state index contributed by atoms with van der Waals surface area (Å²) in [6.07, 6.45) is 6.16. The number of aliphatic hydroxyl groups is 1. The van der Waals surface area contributed by atoms with Crippen molar-refractivity contribution in [1.82, 2.24) is 15.0 Å². The molecule has 5 aromatic rings. The maximum atomic E-state index is 10.3. The molecule has 36 heavy (non-hydrogen) atoms. The Balaban J connectivity index is 1.30. The average Bonchev–Trinajstić information content (AvgIpc) is 3.23. The molecule has 5 rings (SSSR count). The van der Waals surface area contributed by atoms with Gasteiger partial charge in [-0.1, -0.05) is 24.3 Å². The topological polar surface area (TPSA) is 84.1 Å². The molecule has 0 amide bonds. The SMILES string of the molecule is Cc1nc(NCCc2cccc(-c3cncc(C(C)(C)O)c3)c2)cc(-c2ccc3occ(C)c3c2)n1. The minimum Gasteiger partial charge on any atom is -0.464 e. The van der Waals surface area contributed by atoms with Crippen LogP contribution in [0.2, 0.25) is 0 Å². The van der Waals surface area contributed by atoms with Gasteiger partial charge in [-0.15, -0.1) is 0 Å². The van der Waals surface area contributed by atoms with Crippen LogP contribution >= 0.6 is 0 Å². The summed E-state index contributed by atoms with van der Waals surface area (Å²) >= 11 is 0. The summed E-state index contributed by atoms with van der Waals surface area (Å²) in [5.74, 6) is 1.53. The summed E-state index contributed by atoms with van der Waals surface area (Å²) < 4.78 is 5.58. The lowest BCUT2D eigenvalue weighted by atomic mass is 9.96. The molecule has 0 saturated heterocycles. The van der Waals surface area contributed by atoms with E-state index < -0.39 is 5.60 Å². The Kier molecular flexibility index (Phi) is 6.29. The first kappa shape index (κ1) is 23.7. The number of furan rings is 1. The molecule has 0 aliphatic heterocycles. The summed E-state index contributed by atoms with van der Waals surface area (Å²) in [6, 6.07) is 18.6. The molecule has 6 nitrogen and oxygen atoms in total. The van der Waals surface area contributed by atoms with Crippen LogP contribution in [0.25, 0.3) is 33.4 Å². The highest BCUT2D eigenvalue weighted by Crippen LogP contribution is 2.28. The number of aromatic nitrogens is 3. The average molecular weight is 479 g/mol. The van der Waals surface area contributed by atoms with Gasteiger partial charge < -0.3 is 14.8 Å². The van der Waals surface area contributed by atoms with Crippen LogP contribution in [0.3, 0.4) is 0 Å². The smallest absolute Gasteiger partial charge is 0.134 e. The molecule has 0 unspecified atom stereocenters. The quantitative estimate of drug-likeness (QED) is 0.280. The fourth-order valence-corrected chi connectivity index (χ4v) is 4.30. The second kappa shape index (κ2) is 9.55. The molecule has 0 aliphatic rings. The van der Waals surface area contributed by atoms with Crippen molar-refractivity contribution < 1.29 is 9.52 Å². The van der Waals surface area contributed by atoms with Crippen LogP contribution in [0.5, 0.6) is 0 Å². The normalized spacial score (nSPS) is 11.7. The van der Waals surface area contributed by atoms with Crippen molar-refractivity contribution in [2.45, 2.75) is 39.7 Å². The van der Waals surface area contributed by atoms with Crippen molar-refractivity contribution in [3.8, 4) is 22.4 Å². The van der Waals surface area contributed by atoms with Crippen molar-refractivity contribution in [3.63, 3.8) is 0 Å². The van der Waals surface area contributed by atoms with Gasteiger partial charge in [0.15, 0.2) is 0 Å². The number of anilines is 1. The molecular formula is C30H30N4O2. The summed E-state index contributed by atoms with van der Waals surface area (Å²) in [5.41, 5.74) is 7.06. The third kappa shape index (κ3) is 5.14. The van der Waals surface area contributed by atoms with Crippen molar-refractivity contribution >= 4 is 16.8 Å². The van der Waals surface area contributed by atoms with Gasteiger partial charge in [-0.2, -0.15) is 0 Å². The highest BCUT2D eigenvalue weighted by molar-refractivity contribution is 5.85. The molecule has 6 heteroatoms. The Bertz CT molecular complexity index is 1530. The predicted molar refractivity (Wildman–Crippen MR) is 144 cm³/mol. The molecule has 0 saturated carbocycles. The summed E-state index contributed by atoms with van der Waals surface area (Å²) in [4.78, 5) is 13.6. The molecule has 0 spiro atoms. The van der Waals surface area contributed by atoms with Crippen LogP contribution in [0.4, 0.5) is 5.82 Å². The lowest BCUT2D eigenvalue weighted by Gasteiger charge is -2.18. The highest BCUT2D eigenvalue weighted by Gasteiger charge is 2.17. The van der Waals surface area contributed by atoms with Crippen LogP contribution in [0, 0.1) is 13.8 Å². The fraction of sp³-hybridized carbons (Fsp3) is 0.233. The lowest BCUT2D eigenvalue weighted by Crippen LogP contribution is -2.15. The first-order valence-electron chi connectivity index (χ1n) is 12.1. The van der Waals surface area contributed by atoms with Crippen molar-refractivity contribution in [2.75, 3.05) is 11.9 Å². The maximum absolute atomic E-state index is 10.3. The molecule has 2 N–H and O–H groups in total. The number of hydrogen-bond donors (Lipinski definition) is 2. The van der Waals surface area contributed by atoms with Crippen LogP contribution in [0.1, 0.15) is 36.4 Å². The van der Waals surface area contributed by atoms with Gasteiger partial charge in [-0.05, 0) is 75.1 Å². The third-order valence-electron chi connectivity index (χ3n) is 6.33. The fourth-order valence-electron chi connectivity index (χ4n) is 4.30. The van der Waals surface area contributed by atoms with Gasteiger partial charge >= 0.3 is 0 Å². The number of rotatable bonds is 7. The molecule has 3 heterocycles. The Labute approximate surface area is 211 Å². The zero-order chi connectivity index (χ0) is 25.3. The number of pyridine rings is 1. The lowest BCUT2D eigenvalue weighted by molar-refractivity contribution is 0.0783. The van der Waals surface area contributed by atoms with Gasteiger partial charge in [-0.25, -0.2) is 9.97 Å². The van der Waals surface area contributed by atoms with Gasteiger partial charge in [0.05, 0.1) is 17.6 Å². The summed E-state index contributed by atoms with van der Waals surface area (Å²) in [7, 11) is 0. The number of fused-ring (bicyclic) bond motifs is 1. The third-order valence-corrected chi connectivity index (χ3v) is 6.33. The zero-order valence-electron chi connectivity index (χ0n) is 21.0. The number of benzene rings is 2. The van der Waals surface area contributed by atoms with Gasteiger partial charge in [-0.3, -0.25) is 4.98 Å². The van der Waals surface area contributed by atoms with Crippen molar-refractivity contribution in [2.24, 2.45) is 0 Å². The number of aryl methyl sites for hydroxylation is 2. The van der Waals surface area contributed by atoms with Crippen LogP contribution in [0.15, 0.2) is 77.7 Å². The van der Waals surface area contributed by atoms with E-state index in [2.05, 4.69) is 50.6 Å². The van der Waals surface area contributed by atoms with E-state index >= 15 is 0 Å². The van der Waals surface area contributed by atoms with E-state index in [1.165, 1.54) is 5.56 Å². The standard InChI is InChI=1S/C30H30N4O2/c1-19-18-36-28-9-8-23(14-26(19)28)27-15-29(34-20(2)33-27)32-11-10-21-6-5-7-22(12-21)24-13-25(17-31-16-24)30(3,4)35/h5-9,12-18,35H,10-11H2,1-4H3,(H,32,33,34). The second-order valence-electron chi connectivity index (χ2n) is 9.71. The largest absolute Gasteiger partial charge is 0.464 e. The second-order valence-corrected chi connectivity index (χ2v) is 9.71. The van der Waals surface area contributed by atoms with E-state index in [0.717, 1.165) is 69.1 Å². The minimum absolute atomic E-state index is 0.722. The van der Waals surface area contributed by atoms with Gasteiger partial charge in [0.1, 0.15) is 17.2 Å². The van der Waals surface area contributed by atoms with Gasteiger partial charge in [0.25, 0.3) is 0 Å². The molecule has 0 fully saturated rings. The summed E-state index contributed by atoms with van der Waals surface area (Å²) in [6.45, 7) is 8.24.